The monoisotopic (exact) mass is 509 g/mol. The highest BCUT2D eigenvalue weighted by molar-refractivity contribution is 6.34. The van der Waals surface area contributed by atoms with E-state index in [-0.39, 0.29) is 39.6 Å². The van der Waals surface area contributed by atoms with Crippen molar-refractivity contribution in [3.05, 3.63) is 93.2 Å². The lowest BCUT2D eigenvalue weighted by atomic mass is 10.1. The number of amides is 1. The van der Waals surface area contributed by atoms with Gasteiger partial charge in [0, 0.05) is 17.8 Å². The van der Waals surface area contributed by atoms with Gasteiger partial charge in [0.2, 0.25) is 0 Å². The molecule has 1 heterocycles. The number of nitrogens with one attached hydrogen (secondary N) is 1. The number of nitro groups is 1. The average molecular weight is 510 g/mol. The molecule has 184 valence electrons. The molecule has 0 unspecified atom stereocenters. The second kappa shape index (κ2) is 10.5. The Labute approximate surface area is 210 Å². The number of hydrogen-bond acceptors (Lipinski definition) is 6. The van der Waals surface area contributed by atoms with Gasteiger partial charge < -0.3 is 10.1 Å². The Morgan fingerprint density at radius 1 is 1.17 bits per heavy atom. The van der Waals surface area contributed by atoms with Gasteiger partial charge in [0.25, 0.3) is 11.6 Å². The van der Waals surface area contributed by atoms with E-state index in [1.165, 1.54) is 22.9 Å². The lowest BCUT2D eigenvalue weighted by Gasteiger charge is -2.09. The van der Waals surface area contributed by atoms with Gasteiger partial charge in [-0.25, -0.2) is 9.07 Å². The van der Waals surface area contributed by atoms with E-state index < -0.39 is 16.6 Å². The number of nitrogens with zero attached hydrogens (tertiary/aromatic N) is 4. The van der Waals surface area contributed by atoms with Crippen LogP contribution in [0.2, 0.25) is 5.02 Å². The second-order valence-corrected chi connectivity index (χ2v) is 8.64. The number of non-ortho nitro benzene ring substituents is 1. The van der Waals surface area contributed by atoms with Gasteiger partial charge in [-0.3, -0.25) is 14.9 Å². The largest absolute Gasteiger partial charge is 0.462 e. The zero-order valence-corrected chi connectivity index (χ0v) is 20.1. The second-order valence-electron chi connectivity index (χ2n) is 8.24. The first kappa shape index (κ1) is 24.8. The maximum atomic E-state index is 14.5. The van der Waals surface area contributed by atoms with E-state index in [0.717, 1.165) is 6.07 Å². The van der Waals surface area contributed by atoms with E-state index in [4.69, 9.17) is 16.3 Å². The predicted octanol–water partition coefficient (Wildman–Crippen LogP) is 5.92. The van der Waals surface area contributed by atoms with Gasteiger partial charge in [0.15, 0.2) is 5.82 Å². The summed E-state index contributed by atoms with van der Waals surface area (Å²) < 4.78 is 21.7. The van der Waals surface area contributed by atoms with E-state index in [1.807, 2.05) is 13.8 Å². The molecule has 0 spiro atoms. The Hall–Kier alpha value is -4.31. The quantitative estimate of drug-likeness (QED) is 0.233. The number of hydrogen-bond donors (Lipinski definition) is 1. The number of rotatable bonds is 8. The number of benzene rings is 3. The molecule has 11 heteroatoms. The van der Waals surface area contributed by atoms with Gasteiger partial charge in [0.1, 0.15) is 5.82 Å². The summed E-state index contributed by atoms with van der Waals surface area (Å²) in [6.45, 7) is 4.38. The molecule has 0 atom stereocenters. The summed E-state index contributed by atoms with van der Waals surface area (Å²) in [6, 6.07) is 16.6. The molecule has 36 heavy (non-hydrogen) atoms. The molecule has 1 N–H and O–H groups in total. The molecule has 3 aromatic carbocycles. The normalized spacial score (nSPS) is 10.9. The van der Waals surface area contributed by atoms with Gasteiger partial charge in [0.05, 0.1) is 33.4 Å². The third kappa shape index (κ3) is 5.49. The van der Waals surface area contributed by atoms with Crippen molar-refractivity contribution in [1.29, 1.82) is 0 Å². The van der Waals surface area contributed by atoms with Crippen molar-refractivity contribution in [2.45, 2.75) is 13.8 Å². The van der Waals surface area contributed by atoms with E-state index in [1.54, 1.807) is 42.5 Å². The molecule has 0 saturated carbocycles. The van der Waals surface area contributed by atoms with Gasteiger partial charge in [-0.2, -0.15) is 4.98 Å². The van der Waals surface area contributed by atoms with Crippen LogP contribution in [0.1, 0.15) is 24.2 Å². The maximum absolute atomic E-state index is 14.5. The van der Waals surface area contributed by atoms with Crippen LogP contribution in [-0.4, -0.2) is 32.2 Å². The van der Waals surface area contributed by atoms with Crippen LogP contribution in [0.4, 0.5) is 15.8 Å². The van der Waals surface area contributed by atoms with Gasteiger partial charge in [-0.1, -0.05) is 37.6 Å². The van der Waals surface area contributed by atoms with Crippen molar-refractivity contribution in [3.63, 3.8) is 0 Å². The number of halogens is 2. The molecular weight excluding hydrogens is 489 g/mol. The van der Waals surface area contributed by atoms with Crippen LogP contribution >= 0.6 is 11.6 Å². The molecule has 0 aliphatic heterocycles. The summed E-state index contributed by atoms with van der Waals surface area (Å²) in [7, 11) is 0. The predicted molar refractivity (Wildman–Crippen MR) is 133 cm³/mol. The van der Waals surface area contributed by atoms with Crippen molar-refractivity contribution < 1.29 is 18.8 Å². The summed E-state index contributed by atoms with van der Waals surface area (Å²) in [5, 5.41) is 17.9. The fraction of sp³-hybridized carbons (Fsp3) is 0.160. The Morgan fingerprint density at radius 3 is 2.53 bits per heavy atom. The molecule has 4 rings (SSSR count). The molecule has 1 aromatic heterocycles. The first-order valence-electron chi connectivity index (χ1n) is 10.9. The third-order valence-electron chi connectivity index (χ3n) is 5.03. The topological polar surface area (TPSA) is 112 Å². The van der Waals surface area contributed by atoms with Crippen molar-refractivity contribution >= 4 is 28.9 Å². The Bertz CT molecular complexity index is 1420. The molecule has 4 aromatic rings. The van der Waals surface area contributed by atoms with Gasteiger partial charge in [-0.15, -0.1) is 5.10 Å². The average Bonchev–Trinajstić information content (AvgIpc) is 3.27. The number of carbonyl (C=O) groups is 1. The fourth-order valence-electron chi connectivity index (χ4n) is 3.28. The first-order valence-corrected chi connectivity index (χ1v) is 11.3. The smallest absolute Gasteiger partial charge is 0.336 e. The van der Waals surface area contributed by atoms with Crippen LogP contribution in [0.3, 0.4) is 0 Å². The summed E-state index contributed by atoms with van der Waals surface area (Å²) in [5.41, 5.74) is 1.15. The highest BCUT2D eigenvalue weighted by Gasteiger charge is 2.19. The molecular formula is C25H21ClFN5O4. The minimum atomic E-state index is -0.592. The van der Waals surface area contributed by atoms with Crippen molar-refractivity contribution in [3.8, 4) is 23.1 Å². The van der Waals surface area contributed by atoms with Crippen molar-refractivity contribution in [2.24, 2.45) is 5.92 Å². The summed E-state index contributed by atoms with van der Waals surface area (Å²) in [4.78, 5) is 27.3. The lowest BCUT2D eigenvalue weighted by Crippen LogP contribution is -2.12. The highest BCUT2D eigenvalue weighted by atomic mass is 35.5. The molecule has 0 aliphatic carbocycles. The molecule has 9 nitrogen and oxygen atoms in total. The number of carbonyl (C=O) groups excluding carboxylic acids is 1. The third-order valence-corrected chi connectivity index (χ3v) is 5.34. The van der Waals surface area contributed by atoms with E-state index in [2.05, 4.69) is 15.4 Å². The van der Waals surface area contributed by atoms with Crippen LogP contribution in [0.25, 0.3) is 17.1 Å². The van der Waals surface area contributed by atoms with E-state index >= 15 is 0 Å². The summed E-state index contributed by atoms with van der Waals surface area (Å²) in [6.07, 6.45) is 0. The van der Waals surface area contributed by atoms with Crippen LogP contribution in [0, 0.1) is 21.8 Å². The standard InChI is InChI=1S/C25H21ClFN5O4/c1-15(2)14-36-25-29-23(20-5-3-4-6-22(20)27)31(30-25)17-9-7-16(8-10-17)28-24(33)19-12-11-18(32(34)35)13-21(19)26/h3-13,15H,14H2,1-2H3,(H,28,33). The van der Waals surface area contributed by atoms with Gasteiger partial charge in [-0.05, 0) is 48.4 Å². The molecule has 1 amide bonds. The number of nitro benzene ring substituents is 1. The number of aromatic nitrogens is 3. The molecule has 0 fully saturated rings. The zero-order valence-electron chi connectivity index (χ0n) is 19.3. The number of ether oxygens (including phenoxy) is 1. The Kier molecular flexibility index (Phi) is 7.25. The molecule has 0 bridgehead atoms. The van der Waals surface area contributed by atoms with Gasteiger partial charge >= 0.3 is 6.01 Å². The van der Waals surface area contributed by atoms with Crippen LogP contribution in [0.5, 0.6) is 6.01 Å². The van der Waals surface area contributed by atoms with Crippen LogP contribution in [-0.2, 0) is 0 Å². The summed E-state index contributed by atoms with van der Waals surface area (Å²) >= 11 is 6.05. The maximum Gasteiger partial charge on any atom is 0.336 e. The summed E-state index contributed by atoms with van der Waals surface area (Å²) in [5.74, 6) is -0.465. The minimum absolute atomic E-state index is 0.0376. The molecule has 0 radical (unpaired) electrons. The van der Waals surface area contributed by atoms with Crippen LogP contribution in [0.15, 0.2) is 66.7 Å². The lowest BCUT2D eigenvalue weighted by molar-refractivity contribution is -0.384. The Morgan fingerprint density at radius 2 is 1.89 bits per heavy atom. The Balaban J connectivity index is 1.60. The fourth-order valence-corrected chi connectivity index (χ4v) is 3.54. The van der Waals surface area contributed by atoms with Crippen LogP contribution < -0.4 is 10.1 Å². The van der Waals surface area contributed by atoms with Crippen molar-refractivity contribution in [1.82, 2.24) is 14.8 Å². The molecule has 0 saturated heterocycles. The zero-order chi connectivity index (χ0) is 25.8. The minimum Gasteiger partial charge on any atom is -0.462 e. The SMILES string of the molecule is CC(C)COc1nc(-c2ccccc2F)n(-c2ccc(NC(=O)c3ccc([N+](=O)[O-])cc3Cl)cc2)n1. The van der Waals surface area contributed by atoms with E-state index in [0.29, 0.717) is 18.0 Å². The first-order chi connectivity index (χ1) is 17.2. The van der Waals surface area contributed by atoms with E-state index in [9.17, 15) is 19.3 Å². The highest BCUT2D eigenvalue weighted by Crippen LogP contribution is 2.27. The molecule has 0 aliphatic rings. The number of anilines is 1. The van der Waals surface area contributed by atoms with Crippen molar-refractivity contribution in [2.75, 3.05) is 11.9 Å².